The summed E-state index contributed by atoms with van der Waals surface area (Å²) in [6, 6.07) is 13.8. The summed E-state index contributed by atoms with van der Waals surface area (Å²) in [4.78, 5) is 12.5. The van der Waals surface area contributed by atoms with E-state index in [2.05, 4.69) is 10.0 Å². The Balaban J connectivity index is 1.53. The second-order valence-corrected chi connectivity index (χ2v) is 11.9. The molecule has 0 radical (unpaired) electrons. The van der Waals surface area contributed by atoms with Crippen LogP contribution in [-0.4, -0.2) is 58.9 Å². The molecule has 2 N–H and O–H groups in total. The Labute approximate surface area is 194 Å². The normalized spacial score (nSPS) is 19.0. The van der Waals surface area contributed by atoms with Gasteiger partial charge in [0.25, 0.3) is 0 Å². The molecule has 1 aliphatic carbocycles. The molecule has 178 valence electrons. The van der Waals surface area contributed by atoms with Gasteiger partial charge in [0.1, 0.15) is 0 Å². The number of amides is 1. The van der Waals surface area contributed by atoms with Gasteiger partial charge in [-0.1, -0.05) is 18.2 Å². The molecular weight excluding hydrogens is 466 g/mol. The first-order valence-electron chi connectivity index (χ1n) is 10.8. The highest BCUT2D eigenvalue weighted by molar-refractivity contribution is 7.89. The van der Waals surface area contributed by atoms with Crippen LogP contribution in [0.3, 0.4) is 0 Å². The molecule has 1 atom stereocenters. The summed E-state index contributed by atoms with van der Waals surface area (Å²) in [5.41, 5.74) is 0.565. The Morgan fingerprint density at radius 2 is 1.61 bits per heavy atom. The van der Waals surface area contributed by atoms with Gasteiger partial charge in [0, 0.05) is 24.9 Å². The first-order chi connectivity index (χ1) is 15.7. The fourth-order valence-corrected chi connectivity index (χ4v) is 6.31. The molecule has 2 fully saturated rings. The number of hydrogen-bond donors (Lipinski definition) is 2. The van der Waals surface area contributed by atoms with E-state index in [4.69, 9.17) is 4.74 Å². The number of benzene rings is 2. The molecule has 33 heavy (non-hydrogen) atoms. The van der Waals surface area contributed by atoms with E-state index in [1.54, 1.807) is 24.3 Å². The molecular formula is C22H27N3O6S2. The maximum atomic E-state index is 13.4. The summed E-state index contributed by atoms with van der Waals surface area (Å²) in [7, 11) is -7.77. The number of rotatable bonds is 10. The molecule has 9 nitrogen and oxygen atoms in total. The smallest absolute Gasteiger partial charge is 0.243 e. The van der Waals surface area contributed by atoms with Crippen LogP contribution in [0.1, 0.15) is 25.7 Å². The average molecular weight is 494 g/mol. The second-order valence-electron chi connectivity index (χ2n) is 8.21. The molecule has 0 spiro atoms. The summed E-state index contributed by atoms with van der Waals surface area (Å²) in [5, 5.41) is 2.70. The van der Waals surface area contributed by atoms with Crippen LogP contribution in [0.15, 0.2) is 64.4 Å². The van der Waals surface area contributed by atoms with Gasteiger partial charge in [-0.2, -0.15) is 4.31 Å². The number of carbonyl (C=O) groups is 1. The van der Waals surface area contributed by atoms with Gasteiger partial charge in [-0.25, -0.2) is 21.6 Å². The Morgan fingerprint density at radius 3 is 2.21 bits per heavy atom. The Bertz CT molecular complexity index is 1170. The fourth-order valence-electron chi connectivity index (χ4n) is 3.57. The van der Waals surface area contributed by atoms with E-state index in [0.29, 0.717) is 18.7 Å². The molecule has 1 heterocycles. The fraction of sp³-hybridized carbons (Fsp3) is 0.409. The number of carbonyl (C=O) groups excluding carboxylic acids is 1. The zero-order valence-electron chi connectivity index (χ0n) is 18.0. The highest BCUT2D eigenvalue weighted by Crippen LogP contribution is 2.24. The van der Waals surface area contributed by atoms with E-state index in [9.17, 15) is 21.6 Å². The van der Waals surface area contributed by atoms with Gasteiger partial charge in [-0.05, 0) is 62.1 Å². The van der Waals surface area contributed by atoms with Crippen molar-refractivity contribution >= 4 is 31.6 Å². The van der Waals surface area contributed by atoms with Crippen molar-refractivity contribution in [2.24, 2.45) is 0 Å². The van der Waals surface area contributed by atoms with Gasteiger partial charge in [-0.15, -0.1) is 0 Å². The third-order valence-corrected chi connectivity index (χ3v) is 8.84. The zero-order chi connectivity index (χ0) is 23.5. The third-order valence-electron chi connectivity index (χ3n) is 5.48. The van der Waals surface area contributed by atoms with Crippen molar-refractivity contribution in [3.05, 3.63) is 54.6 Å². The molecule has 2 aromatic carbocycles. The first kappa shape index (κ1) is 23.8. The van der Waals surface area contributed by atoms with E-state index < -0.39 is 26.0 Å². The van der Waals surface area contributed by atoms with E-state index in [-0.39, 0.29) is 35.0 Å². The first-order valence-corrected chi connectivity index (χ1v) is 13.8. The standard InChI is InChI=1S/C22H27N3O6S2/c26-22(23-17-5-2-1-3-6-17)16-25(15-19-7-4-14-31-19)33(29,30)21-12-10-20(11-13-21)32(27,28)24-18-8-9-18/h1-3,5-6,10-13,18-19,24H,4,7-9,14-16H2,(H,23,26). The number of para-hydroxylation sites is 1. The molecule has 4 rings (SSSR count). The molecule has 2 aliphatic rings. The highest BCUT2D eigenvalue weighted by Gasteiger charge is 2.32. The molecule has 1 unspecified atom stereocenters. The minimum Gasteiger partial charge on any atom is -0.377 e. The zero-order valence-corrected chi connectivity index (χ0v) is 19.6. The molecule has 1 saturated carbocycles. The summed E-state index contributed by atoms with van der Waals surface area (Å²) in [6.07, 6.45) is 2.84. The molecule has 1 saturated heterocycles. The van der Waals surface area contributed by atoms with Gasteiger partial charge in [-0.3, -0.25) is 4.79 Å². The van der Waals surface area contributed by atoms with E-state index in [1.807, 2.05) is 6.07 Å². The molecule has 0 bridgehead atoms. The Kier molecular flexibility index (Phi) is 7.15. The molecule has 2 aromatic rings. The summed E-state index contributed by atoms with van der Waals surface area (Å²) < 4.78 is 60.8. The predicted octanol–water partition coefficient (Wildman–Crippen LogP) is 1.94. The number of nitrogens with zero attached hydrogens (tertiary/aromatic N) is 1. The molecule has 1 aliphatic heterocycles. The lowest BCUT2D eigenvalue weighted by molar-refractivity contribution is -0.116. The summed E-state index contributed by atoms with van der Waals surface area (Å²) in [5.74, 6) is -0.476. The average Bonchev–Trinajstić information content (AvgIpc) is 3.44. The van der Waals surface area contributed by atoms with Gasteiger partial charge in [0.05, 0.1) is 22.4 Å². The van der Waals surface area contributed by atoms with Crippen LogP contribution in [-0.2, 0) is 29.6 Å². The summed E-state index contributed by atoms with van der Waals surface area (Å²) >= 11 is 0. The predicted molar refractivity (Wildman–Crippen MR) is 123 cm³/mol. The Hall–Kier alpha value is -2.31. The number of anilines is 1. The van der Waals surface area contributed by atoms with Crippen molar-refractivity contribution in [2.75, 3.05) is 25.0 Å². The van der Waals surface area contributed by atoms with E-state index >= 15 is 0 Å². The topological polar surface area (TPSA) is 122 Å². The van der Waals surface area contributed by atoms with Crippen LogP contribution in [0.25, 0.3) is 0 Å². The minimum atomic E-state index is -4.07. The van der Waals surface area contributed by atoms with Crippen molar-refractivity contribution in [2.45, 2.75) is 47.6 Å². The molecule has 11 heteroatoms. The van der Waals surface area contributed by atoms with Crippen LogP contribution in [0.4, 0.5) is 5.69 Å². The minimum absolute atomic E-state index is 0.000784. The third kappa shape index (κ3) is 6.18. The van der Waals surface area contributed by atoms with Gasteiger partial charge in [0.2, 0.25) is 26.0 Å². The van der Waals surface area contributed by atoms with Crippen LogP contribution in [0, 0.1) is 0 Å². The molecule has 0 aromatic heterocycles. The van der Waals surface area contributed by atoms with Crippen LogP contribution in [0.2, 0.25) is 0 Å². The van der Waals surface area contributed by atoms with Gasteiger partial charge >= 0.3 is 0 Å². The van der Waals surface area contributed by atoms with E-state index in [1.165, 1.54) is 24.3 Å². The lowest BCUT2D eigenvalue weighted by atomic mass is 10.2. The number of ether oxygens (including phenoxy) is 1. The van der Waals surface area contributed by atoms with Crippen LogP contribution in [0.5, 0.6) is 0 Å². The van der Waals surface area contributed by atoms with Gasteiger partial charge < -0.3 is 10.1 Å². The van der Waals surface area contributed by atoms with Crippen LogP contribution >= 0.6 is 0 Å². The lowest BCUT2D eigenvalue weighted by Gasteiger charge is -2.24. The SMILES string of the molecule is O=C(CN(CC1CCCO1)S(=O)(=O)c1ccc(S(=O)(=O)NC2CC2)cc1)Nc1ccccc1. The number of sulfonamides is 2. The summed E-state index contributed by atoms with van der Waals surface area (Å²) in [6.45, 7) is 0.198. The van der Waals surface area contributed by atoms with Crippen molar-refractivity contribution in [3.63, 3.8) is 0 Å². The van der Waals surface area contributed by atoms with Crippen molar-refractivity contribution in [3.8, 4) is 0 Å². The maximum absolute atomic E-state index is 13.4. The largest absolute Gasteiger partial charge is 0.377 e. The van der Waals surface area contributed by atoms with Crippen molar-refractivity contribution < 1.29 is 26.4 Å². The van der Waals surface area contributed by atoms with Crippen molar-refractivity contribution in [1.82, 2.24) is 9.03 Å². The maximum Gasteiger partial charge on any atom is 0.243 e. The monoisotopic (exact) mass is 493 g/mol. The lowest BCUT2D eigenvalue weighted by Crippen LogP contribution is -2.42. The van der Waals surface area contributed by atoms with Gasteiger partial charge in [0.15, 0.2) is 0 Å². The second kappa shape index (κ2) is 9.90. The number of nitrogens with one attached hydrogen (secondary N) is 2. The Morgan fingerprint density at radius 1 is 0.939 bits per heavy atom. The highest BCUT2D eigenvalue weighted by atomic mass is 32.2. The van der Waals surface area contributed by atoms with E-state index in [0.717, 1.165) is 23.6 Å². The van der Waals surface area contributed by atoms with Crippen molar-refractivity contribution in [1.29, 1.82) is 0 Å². The molecule has 1 amide bonds. The number of hydrogen-bond acceptors (Lipinski definition) is 6. The quantitative estimate of drug-likeness (QED) is 0.522. The van der Waals surface area contributed by atoms with Crippen LogP contribution < -0.4 is 10.0 Å².